The fourth-order valence-corrected chi connectivity index (χ4v) is 2.43. The van der Waals surface area contributed by atoms with Crippen molar-refractivity contribution in [3.05, 3.63) is 46.0 Å². The number of hydrogen-bond acceptors (Lipinski definition) is 4. The summed E-state index contributed by atoms with van der Waals surface area (Å²) >= 11 is 0. The van der Waals surface area contributed by atoms with Crippen LogP contribution >= 0.6 is 0 Å². The maximum atomic E-state index is 13.5. The molecule has 6 heteroatoms. The highest BCUT2D eigenvalue weighted by atomic mass is 19.1. The summed E-state index contributed by atoms with van der Waals surface area (Å²) in [7, 11) is 1.63. The zero-order valence-corrected chi connectivity index (χ0v) is 13.3. The predicted molar refractivity (Wildman–Crippen MR) is 85.2 cm³/mol. The first-order valence-corrected chi connectivity index (χ1v) is 7.57. The first-order valence-electron chi connectivity index (χ1n) is 7.57. The zero-order valence-electron chi connectivity index (χ0n) is 13.3. The van der Waals surface area contributed by atoms with E-state index in [1.165, 1.54) is 24.4 Å². The summed E-state index contributed by atoms with van der Waals surface area (Å²) in [4.78, 5) is 24.4. The smallest absolute Gasteiger partial charge is 0.343 e. The van der Waals surface area contributed by atoms with E-state index in [-0.39, 0.29) is 12.2 Å². The van der Waals surface area contributed by atoms with Crippen LogP contribution in [0.1, 0.15) is 30.1 Å². The third-order valence-corrected chi connectivity index (χ3v) is 3.54. The number of nitrogens with zero attached hydrogens (tertiary/aromatic N) is 1. The van der Waals surface area contributed by atoms with Crippen molar-refractivity contribution in [1.82, 2.24) is 4.57 Å². The van der Waals surface area contributed by atoms with Crippen LogP contribution in [-0.2, 0) is 16.0 Å². The van der Waals surface area contributed by atoms with Gasteiger partial charge in [0.2, 0.25) is 5.43 Å². The highest BCUT2D eigenvalue weighted by Gasteiger charge is 2.16. The number of halogens is 1. The Balaban J connectivity index is 2.48. The number of pyridine rings is 1. The lowest BCUT2D eigenvalue weighted by molar-refractivity contribution is 0.0524. The average molecular weight is 321 g/mol. The van der Waals surface area contributed by atoms with Crippen LogP contribution in [0.25, 0.3) is 10.9 Å². The summed E-state index contributed by atoms with van der Waals surface area (Å²) in [5.41, 5.74) is 0.00440. The minimum absolute atomic E-state index is 0.0299. The van der Waals surface area contributed by atoms with Gasteiger partial charge in [0.05, 0.1) is 12.1 Å². The second kappa shape index (κ2) is 7.87. The Bertz CT molecular complexity index is 754. The van der Waals surface area contributed by atoms with Gasteiger partial charge in [0.15, 0.2) is 0 Å². The van der Waals surface area contributed by atoms with Crippen molar-refractivity contribution in [1.29, 1.82) is 0 Å². The highest BCUT2D eigenvalue weighted by Crippen LogP contribution is 2.15. The van der Waals surface area contributed by atoms with E-state index >= 15 is 0 Å². The molecule has 23 heavy (non-hydrogen) atoms. The molecule has 0 saturated carbocycles. The van der Waals surface area contributed by atoms with E-state index in [2.05, 4.69) is 0 Å². The van der Waals surface area contributed by atoms with Gasteiger partial charge in [-0.25, -0.2) is 9.18 Å². The molecule has 124 valence electrons. The van der Waals surface area contributed by atoms with Crippen molar-refractivity contribution in [2.75, 3.05) is 20.3 Å². The maximum absolute atomic E-state index is 13.5. The van der Waals surface area contributed by atoms with E-state index in [0.29, 0.717) is 24.1 Å². The number of unbranched alkanes of at least 4 members (excludes halogenated alkanes) is 1. The average Bonchev–Trinajstić information content (AvgIpc) is 2.53. The van der Waals surface area contributed by atoms with Crippen LogP contribution in [0.3, 0.4) is 0 Å². The lowest BCUT2D eigenvalue weighted by atomic mass is 10.1. The minimum atomic E-state index is -0.658. The summed E-state index contributed by atoms with van der Waals surface area (Å²) in [5, 5.41) is 0.309. The molecular formula is C17H20FNO4. The number of fused-ring (bicyclic) bond motifs is 1. The Morgan fingerprint density at radius 2 is 2.09 bits per heavy atom. The summed E-state index contributed by atoms with van der Waals surface area (Å²) in [6, 6.07) is 3.93. The van der Waals surface area contributed by atoms with E-state index in [0.717, 1.165) is 12.8 Å². The van der Waals surface area contributed by atoms with Crippen LogP contribution in [-0.4, -0.2) is 30.9 Å². The van der Waals surface area contributed by atoms with Gasteiger partial charge in [-0.1, -0.05) is 0 Å². The molecule has 0 aliphatic carbocycles. The second-order valence-electron chi connectivity index (χ2n) is 5.15. The number of aryl methyl sites for hydroxylation is 1. The van der Waals surface area contributed by atoms with E-state index in [1.807, 2.05) is 0 Å². The quantitative estimate of drug-likeness (QED) is 0.581. The fraction of sp³-hybridized carbons (Fsp3) is 0.412. The first kappa shape index (κ1) is 17.1. The van der Waals surface area contributed by atoms with Crippen molar-refractivity contribution < 1.29 is 18.7 Å². The third kappa shape index (κ3) is 3.96. The number of carbonyl (C=O) groups is 1. The lowest BCUT2D eigenvalue weighted by Crippen LogP contribution is -2.21. The third-order valence-electron chi connectivity index (χ3n) is 3.54. The van der Waals surface area contributed by atoms with Crippen LogP contribution in [0, 0.1) is 5.82 Å². The molecule has 0 bridgehead atoms. The van der Waals surface area contributed by atoms with Crippen LogP contribution in [0.2, 0.25) is 0 Å². The lowest BCUT2D eigenvalue weighted by Gasteiger charge is -2.13. The van der Waals surface area contributed by atoms with Gasteiger partial charge in [-0.15, -0.1) is 0 Å². The fourth-order valence-electron chi connectivity index (χ4n) is 2.43. The van der Waals surface area contributed by atoms with E-state index in [1.54, 1.807) is 18.6 Å². The summed E-state index contributed by atoms with van der Waals surface area (Å²) in [6.45, 7) is 3.04. The Hall–Kier alpha value is -2.21. The second-order valence-corrected chi connectivity index (χ2v) is 5.15. The van der Waals surface area contributed by atoms with Gasteiger partial charge in [-0.3, -0.25) is 4.79 Å². The molecule has 1 aromatic heterocycles. The Morgan fingerprint density at radius 3 is 2.78 bits per heavy atom. The van der Waals surface area contributed by atoms with Crippen LogP contribution in [0.15, 0.2) is 29.2 Å². The Labute approximate surface area is 133 Å². The first-order chi connectivity index (χ1) is 11.1. The van der Waals surface area contributed by atoms with Gasteiger partial charge in [-0.05, 0) is 38.0 Å². The highest BCUT2D eigenvalue weighted by molar-refractivity contribution is 5.93. The van der Waals surface area contributed by atoms with Gasteiger partial charge in [0, 0.05) is 31.8 Å². The zero-order chi connectivity index (χ0) is 16.8. The molecule has 0 spiro atoms. The van der Waals surface area contributed by atoms with E-state index in [4.69, 9.17) is 9.47 Å². The summed E-state index contributed by atoms with van der Waals surface area (Å²) < 4.78 is 25.2. The van der Waals surface area contributed by atoms with E-state index in [9.17, 15) is 14.0 Å². The van der Waals surface area contributed by atoms with E-state index < -0.39 is 17.2 Å². The van der Waals surface area contributed by atoms with Crippen molar-refractivity contribution in [3.63, 3.8) is 0 Å². The standard InChI is InChI=1S/C17H20FNO4/c1-3-23-17(21)14-11-19(8-4-5-9-22-2)15-10-12(18)6-7-13(15)16(14)20/h6-7,10-11H,3-5,8-9H2,1-2H3. The molecule has 0 aliphatic rings. The van der Waals surface area contributed by atoms with Crippen molar-refractivity contribution in [2.24, 2.45) is 0 Å². The number of ether oxygens (including phenoxy) is 2. The number of methoxy groups -OCH3 is 1. The molecule has 5 nitrogen and oxygen atoms in total. The van der Waals surface area contributed by atoms with Gasteiger partial charge in [0.1, 0.15) is 11.4 Å². The number of esters is 1. The van der Waals surface area contributed by atoms with Crippen LogP contribution in [0.5, 0.6) is 0 Å². The maximum Gasteiger partial charge on any atom is 0.343 e. The molecule has 0 saturated heterocycles. The molecule has 0 aliphatic heterocycles. The summed E-state index contributed by atoms with van der Waals surface area (Å²) in [5.74, 6) is -1.08. The van der Waals surface area contributed by atoms with Gasteiger partial charge in [0.25, 0.3) is 0 Å². The molecule has 0 N–H and O–H groups in total. The van der Waals surface area contributed by atoms with Crippen LogP contribution < -0.4 is 5.43 Å². The number of rotatable bonds is 7. The number of benzene rings is 1. The molecule has 0 fully saturated rings. The van der Waals surface area contributed by atoms with Crippen molar-refractivity contribution in [2.45, 2.75) is 26.3 Å². The number of carbonyl (C=O) groups excluding carboxylic acids is 1. The molecule has 1 heterocycles. The molecule has 0 unspecified atom stereocenters. The van der Waals surface area contributed by atoms with Gasteiger partial charge >= 0.3 is 5.97 Å². The molecule has 2 aromatic rings. The number of hydrogen-bond donors (Lipinski definition) is 0. The monoisotopic (exact) mass is 321 g/mol. The van der Waals surface area contributed by atoms with Crippen molar-refractivity contribution in [3.8, 4) is 0 Å². The molecular weight excluding hydrogens is 301 g/mol. The van der Waals surface area contributed by atoms with Gasteiger partial charge in [-0.2, -0.15) is 0 Å². The normalized spacial score (nSPS) is 10.9. The topological polar surface area (TPSA) is 57.5 Å². The molecule has 0 atom stereocenters. The summed E-state index contributed by atoms with van der Waals surface area (Å²) in [6.07, 6.45) is 3.06. The van der Waals surface area contributed by atoms with Gasteiger partial charge < -0.3 is 14.0 Å². The number of aromatic nitrogens is 1. The minimum Gasteiger partial charge on any atom is -0.462 e. The largest absolute Gasteiger partial charge is 0.462 e. The molecule has 2 rings (SSSR count). The molecule has 1 aromatic carbocycles. The molecule has 0 radical (unpaired) electrons. The van der Waals surface area contributed by atoms with Crippen LogP contribution in [0.4, 0.5) is 4.39 Å². The Kier molecular flexibility index (Phi) is 5.87. The molecule has 0 amide bonds. The SMILES string of the molecule is CCOC(=O)c1cn(CCCCOC)c2cc(F)ccc2c1=O. The van der Waals surface area contributed by atoms with Crippen molar-refractivity contribution >= 4 is 16.9 Å². The predicted octanol–water partition coefficient (Wildman–Crippen LogP) is 2.74. The Morgan fingerprint density at radius 1 is 1.30 bits per heavy atom.